The van der Waals surface area contributed by atoms with E-state index in [1.165, 1.54) is 0 Å². The van der Waals surface area contributed by atoms with E-state index < -0.39 is 0 Å². The highest BCUT2D eigenvalue weighted by Gasteiger charge is 2.02. The monoisotopic (exact) mass is 298 g/mol. The van der Waals surface area contributed by atoms with Gasteiger partial charge in [-0.25, -0.2) is 5.43 Å². The summed E-state index contributed by atoms with van der Waals surface area (Å²) in [5.74, 6) is -0.0374. The molecule has 0 bridgehead atoms. The summed E-state index contributed by atoms with van der Waals surface area (Å²) in [6.07, 6.45) is 3.68. The summed E-state index contributed by atoms with van der Waals surface area (Å²) >= 11 is 5.83. The molecular weight excluding hydrogens is 284 g/mol. The number of nitrogens with zero attached hydrogens (tertiary/aromatic N) is 1. The number of allylic oxidation sites excluding steroid dienone is 1. The summed E-state index contributed by atoms with van der Waals surface area (Å²) in [6.45, 7) is 0. The number of halogens is 1. The van der Waals surface area contributed by atoms with Gasteiger partial charge in [-0.15, -0.1) is 11.6 Å². The van der Waals surface area contributed by atoms with Gasteiger partial charge in [0.2, 0.25) is 0 Å². The van der Waals surface area contributed by atoms with E-state index in [4.69, 9.17) is 11.6 Å². The van der Waals surface area contributed by atoms with Crippen molar-refractivity contribution in [3.63, 3.8) is 0 Å². The standard InChI is InChI=1S/C17H15ClN2O/c18-13-16(12-11-14-7-3-1-4-8-14)19-20-17(21)15-9-5-2-6-10-15/h1-12H,13H2,(H,20,21)/b12-11+,19-16-. The molecule has 0 radical (unpaired) electrons. The van der Waals surface area contributed by atoms with Gasteiger partial charge in [0.1, 0.15) is 0 Å². The van der Waals surface area contributed by atoms with Crippen molar-refractivity contribution in [1.29, 1.82) is 0 Å². The second-order valence-corrected chi connectivity index (χ2v) is 4.56. The Kier molecular flexibility index (Phi) is 5.73. The highest BCUT2D eigenvalue weighted by atomic mass is 35.5. The van der Waals surface area contributed by atoms with Crippen LogP contribution in [-0.2, 0) is 0 Å². The van der Waals surface area contributed by atoms with Crippen molar-refractivity contribution in [3.8, 4) is 0 Å². The lowest BCUT2D eigenvalue weighted by molar-refractivity contribution is 0.0955. The number of hydrogen-bond acceptors (Lipinski definition) is 2. The molecule has 0 aliphatic heterocycles. The molecule has 0 unspecified atom stereocenters. The van der Waals surface area contributed by atoms with Crippen molar-refractivity contribution < 1.29 is 4.79 Å². The summed E-state index contributed by atoms with van der Waals surface area (Å²) in [6, 6.07) is 18.7. The number of hydrazone groups is 1. The van der Waals surface area contributed by atoms with E-state index in [1.54, 1.807) is 30.3 Å². The maximum atomic E-state index is 11.9. The second kappa shape index (κ2) is 8.02. The van der Waals surface area contributed by atoms with Crippen molar-refractivity contribution in [1.82, 2.24) is 5.43 Å². The van der Waals surface area contributed by atoms with Crippen LogP contribution in [0.1, 0.15) is 15.9 Å². The van der Waals surface area contributed by atoms with E-state index in [0.717, 1.165) is 5.56 Å². The van der Waals surface area contributed by atoms with Gasteiger partial charge in [-0.2, -0.15) is 5.10 Å². The quantitative estimate of drug-likeness (QED) is 0.510. The van der Waals surface area contributed by atoms with Crippen LogP contribution in [0.25, 0.3) is 6.08 Å². The van der Waals surface area contributed by atoms with Gasteiger partial charge in [0, 0.05) is 5.56 Å². The zero-order chi connectivity index (χ0) is 14.9. The van der Waals surface area contributed by atoms with Gasteiger partial charge in [-0.3, -0.25) is 4.79 Å². The molecule has 2 rings (SSSR count). The molecule has 0 saturated carbocycles. The van der Waals surface area contributed by atoms with Crippen LogP contribution in [-0.4, -0.2) is 17.5 Å². The number of alkyl halides is 1. The van der Waals surface area contributed by atoms with E-state index in [9.17, 15) is 4.79 Å². The van der Waals surface area contributed by atoms with Crippen LogP contribution in [0, 0.1) is 0 Å². The molecule has 0 aliphatic carbocycles. The Bertz CT molecular complexity index is 636. The number of carbonyl (C=O) groups excluding carboxylic acids is 1. The topological polar surface area (TPSA) is 41.5 Å². The molecule has 2 aromatic rings. The van der Waals surface area contributed by atoms with Gasteiger partial charge in [-0.05, 0) is 23.8 Å². The van der Waals surface area contributed by atoms with Crippen LogP contribution in [0.2, 0.25) is 0 Å². The summed E-state index contributed by atoms with van der Waals surface area (Å²) in [5.41, 5.74) is 4.69. The number of hydrogen-bond donors (Lipinski definition) is 1. The Labute approximate surface area is 129 Å². The second-order valence-electron chi connectivity index (χ2n) is 4.29. The Morgan fingerprint density at radius 1 is 1.05 bits per heavy atom. The average Bonchev–Trinajstić information content (AvgIpc) is 2.56. The molecule has 1 amide bonds. The zero-order valence-corrected chi connectivity index (χ0v) is 12.1. The Morgan fingerprint density at radius 3 is 2.29 bits per heavy atom. The Balaban J connectivity index is 2.01. The number of amides is 1. The number of nitrogens with one attached hydrogen (secondary N) is 1. The van der Waals surface area contributed by atoms with Crippen LogP contribution in [0.5, 0.6) is 0 Å². The van der Waals surface area contributed by atoms with Gasteiger partial charge in [0.15, 0.2) is 0 Å². The molecular formula is C17H15ClN2O. The normalized spacial score (nSPS) is 11.6. The zero-order valence-electron chi connectivity index (χ0n) is 11.4. The Hall–Kier alpha value is -2.39. The highest BCUT2D eigenvalue weighted by molar-refractivity contribution is 6.31. The third-order valence-electron chi connectivity index (χ3n) is 2.74. The van der Waals surface area contributed by atoms with Crippen LogP contribution < -0.4 is 5.43 Å². The maximum Gasteiger partial charge on any atom is 0.271 e. The molecule has 21 heavy (non-hydrogen) atoms. The summed E-state index contributed by atoms with van der Waals surface area (Å²) in [5, 5.41) is 4.03. The first kappa shape index (κ1) is 15.0. The smallest absolute Gasteiger partial charge is 0.267 e. The van der Waals surface area contributed by atoms with Crippen molar-refractivity contribution >= 4 is 29.3 Å². The van der Waals surface area contributed by atoms with Crippen molar-refractivity contribution in [2.75, 3.05) is 5.88 Å². The largest absolute Gasteiger partial charge is 0.271 e. The van der Waals surface area contributed by atoms with Gasteiger partial charge >= 0.3 is 0 Å². The maximum absolute atomic E-state index is 11.9. The summed E-state index contributed by atoms with van der Waals surface area (Å²) in [7, 11) is 0. The predicted molar refractivity (Wildman–Crippen MR) is 87.5 cm³/mol. The molecule has 0 spiro atoms. The third kappa shape index (κ3) is 4.89. The lowest BCUT2D eigenvalue weighted by Crippen LogP contribution is -2.19. The van der Waals surface area contributed by atoms with Gasteiger partial charge in [-0.1, -0.05) is 54.6 Å². The predicted octanol–water partition coefficient (Wildman–Crippen LogP) is 3.72. The lowest BCUT2D eigenvalue weighted by atomic mass is 10.2. The van der Waals surface area contributed by atoms with E-state index in [0.29, 0.717) is 11.3 Å². The third-order valence-corrected chi connectivity index (χ3v) is 3.02. The van der Waals surface area contributed by atoms with E-state index in [2.05, 4.69) is 10.5 Å². The molecule has 0 fully saturated rings. The molecule has 106 valence electrons. The number of carbonyl (C=O) groups is 1. The van der Waals surface area contributed by atoms with E-state index in [1.807, 2.05) is 42.5 Å². The molecule has 0 aromatic heterocycles. The fourth-order valence-electron chi connectivity index (χ4n) is 1.64. The van der Waals surface area contributed by atoms with Crippen LogP contribution in [0.15, 0.2) is 71.8 Å². The van der Waals surface area contributed by atoms with Gasteiger partial charge < -0.3 is 0 Å². The SMILES string of the molecule is O=C(N/N=C(/C=C/c1ccccc1)CCl)c1ccccc1. The minimum atomic E-state index is -0.258. The van der Waals surface area contributed by atoms with Gasteiger partial charge in [0.05, 0.1) is 11.6 Å². The first-order chi connectivity index (χ1) is 10.3. The lowest BCUT2D eigenvalue weighted by Gasteiger charge is -2.01. The average molecular weight is 299 g/mol. The molecule has 4 heteroatoms. The van der Waals surface area contributed by atoms with E-state index >= 15 is 0 Å². The highest BCUT2D eigenvalue weighted by Crippen LogP contribution is 2.02. The fourth-order valence-corrected chi connectivity index (χ4v) is 1.79. The first-order valence-corrected chi connectivity index (χ1v) is 7.04. The number of benzene rings is 2. The van der Waals surface area contributed by atoms with E-state index in [-0.39, 0.29) is 11.8 Å². The molecule has 0 atom stereocenters. The van der Waals surface area contributed by atoms with Crippen molar-refractivity contribution in [2.24, 2.45) is 5.10 Å². The fraction of sp³-hybridized carbons (Fsp3) is 0.0588. The minimum Gasteiger partial charge on any atom is -0.267 e. The first-order valence-electron chi connectivity index (χ1n) is 6.50. The molecule has 0 saturated heterocycles. The molecule has 0 heterocycles. The van der Waals surface area contributed by atoms with Crippen LogP contribution in [0.4, 0.5) is 0 Å². The summed E-state index contributed by atoms with van der Waals surface area (Å²) < 4.78 is 0. The number of rotatable bonds is 5. The molecule has 0 aliphatic rings. The van der Waals surface area contributed by atoms with Crippen LogP contribution >= 0.6 is 11.6 Å². The Morgan fingerprint density at radius 2 is 1.67 bits per heavy atom. The minimum absolute atomic E-state index is 0.221. The van der Waals surface area contributed by atoms with Crippen molar-refractivity contribution in [2.45, 2.75) is 0 Å². The summed E-state index contributed by atoms with van der Waals surface area (Å²) in [4.78, 5) is 11.9. The molecule has 1 N–H and O–H groups in total. The van der Waals surface area contributed by atoms with Crippen molar-refractivity contribution in [3.05, 3.63) is 77.9 Å². The molecule has 2 aromatic carbocycles. The van der Waals surface area contributed by atoms with Gasteiger partial charge in [0.25, 0.3) is 5.91 Å². The van der Waals surface area contributed by atoms with Crippen LogP contribution in [0.3, 0.4) is 0 Å². The molecule has 3 nitrogen and oxygen atoms in total.